The normalized spacial score (nSPS) is 11.1. The van der Waals surface area contributed by atoms with Gasteiger partial charge in [0, 0.05) is 6.20 Å². The number of amidine groups is 1. The molecule has 0 aromatic carbocycles. The number of nitrogens with two attached hydrogens (primary N) is 1. The molecule has 0 radical (unpaired) electrons. The Morgan fingerprint density at radius 3 is 2.87 bits per heavy atom. The summed E-state index contributed by atoms with van der Waals surface area (Å²) in [5.74, 6) is -0.409. The summed E-state index contributed by atoms with van der Waals surface area (Å²) in [4.78, 5) is 14.8. The molecule has 0 spiro atoms. The van der Waals surface area contributed by atoms with Crippen LogP contribution in [0, 0.1) is 0 Å². The lowest BCUT2D eigenvalue weighted by Gasteiger charge is -2.01. The lowest BCUT2D eigenvalue weighted by Crippen LogP contribution is -2.15. The number of rotatable bonds is 3. The van der Waals surface area contributed by atoms with Gasteiger partial charge in [-0.3, -0.25) is 9.78 Å². The van der Waals surface area contributed by atoms with Gasteiger partial charge in [-0.1, -0.05) is 11.2 Å². The van der Waals surface area contributed by atoms with Crippen LogP contribution in [-0.4, -0.2) is 29.1 Å². The summed E-state index contributed by atoms with van der Waals surface area (Å²) >= 11 is 0. The van der Waals surface area contributed by atoms with Crippen LogP contribution >= 0.6 is 0 Å². The van der Waals surface area contributed by atoms with Gasteiger partial charge in [0.2, 0.25) is 0 Å². The molecule has 80 valence electrons. The average Bonchev–Trinajstić information content (AvgIpc) is 2.29. The summed E-state index contributed by atoms with van der Waals surface area (Å²) < 4.78 is 4.50. The molecule has 15 heavy (non-hydrogen) atoms. The Morgan fingerprint density at radius 2 is 2.40 bits per heavy atom. The highest BCUT2D eigenvalue weighted by atomic mass is 16.5. The summed E-state index contributed by atoms with van der Waals surface area (Å²) in [6, 6.07) is 3.23. The van der Waals surface area contributed by atoms with Crippen LogP contribution in [0.15, 0.2) is 23.5 Å². The van der Waals surface area contributed by atoms with Crippen LogP contribution < -0.4 is 5.73 Å². The van der Waals surface area contributed by atoms with Crippen molar-refractivity contribution in [1.29, 1.82) is 0 Å². The summed E-state index contributed by atoms with van der Waals surface area (Å²) in [5.41, 5.74) is 6.38. The summed E-state index contributed by atoms with van der Waals surface area (Å²) in [7, 11) is 1.32. The highest BCUT2D eigenvalue weighted by Crippen LogP contribution is 2.02. The van der Waals surface area contributed by atoms with Crippen molar-refractivity contribution >= 4 is 11.8 Å². The number of nitrogens with zero attached hydrogens (tertiary/aromatic N) is 2. The molecular weight excluding hydrogens is 198 g/mol. The van der Waals surface area contributed by atoms with Gasteiger partial charge in [-0.25, -0.2) is 0 Å². The number of hydrogen-bond donors (Lipinski definition) is 2. The molecule has 0 unspecified atom stereocenters. The fourth-order valence-electron chi connectivity index (χ4n) is 0.971. The van der Waals surface area contributed by atoms with E-state index in [1.54, 1.807) is 12.1 Å². The van der Waals surface area contributed by atoms with Crippen molar-refractivity contribution in [2.24, 2.45) is 10.9 Å². The van der Waals surface area contributed by atoms with Crippen molar-refractivity contribution < 1.29 is 14.7 Å². The zero-order valence-electron chi connectivity index (χ0n) is 8.17. The van der Waals surface area contributed by atoms with E-state index in [1.807, 2.05) is 0 Å². The van der Waals surface area contributed by atoms with Crippen molar-refractivity contribution in [3.8, 4) is 0 Å². The molecule has 0 bridgehead atoms. The first-order valence-electron chi connectivity index (χ1n) is 4.17. The number of esters is 1. The molecule has 0 atom stereocenters. The number of carbonyl (C=O) groups excluding carboxylic acids is 1. The molecule has 0 fully saturated rings. The summed E-state index contributed by atoms with van der Waals surface area (Å²) in [6.07, 6.45) is 1.63. The maximum Gasteiger partial charge on any atom is 0.310 e. The van der Waals surface area contributed by atoms with E-state index in [1.165, 1.54) is 13.3 Å². The van der Waals surface area contributed by atoms with Crippen molar-refractivity contribution in [1.82, 2.24) is 4.98 Å². The van der Waals surface area contributed by atoms with Crippen LogP contribution in [0.25, 0.3) is 0 Å². The van der Waals surface area contributed by atoms with E-state index in [-0.39, 0.29) is 18.2 Å². The van der Waals surface area contributed by atoms with Gasteiger partial charge in [-0.15, -0.1) is 0 Å². The second-order valence-electron chi connectivity index (χ2n) is 2.79. The van der Waals surface area contributed by atoms with E-state index in [2.05, 4.69) is 14.9 Å². The van der Waals surface area contributed by atoms with E-state index >= 15 is 0 Å². The van der Waals surface area contributed by atoms with E-state index in [0.717, 1.165) is 0 Å². The predicted molar refractivity (Wildman–Crippen MR) is 52.5 cm³/mol. The molecule has 1 heterocycles. The van der Waals surface area contributed by atoms with Gasteiger partial charge in [0.25, 0.3) is 0 Å². The first kappa shape index (κ1) is 11.0. The van der Waals surface area contributed by atoms with E-state index in [0.29, 0.717) is 11.3 Å². The second-order valence-corrected chi connectivity index (χ2v) is 2.79. The van der Waals surface area contributed by atoms with Crippen LogP contribution in [0.2, 0.25) is 0 Å². The SMILES string of the molecule is COC(=O)Cc1ccc(C(N)=NO)nc1. The zero-order valence-corrected chi connectivity index (χ0v) is 8.17. The van der Waals surface area contributed by atoms with E-state index in [9.17, 15) is 4.79 Å². The third-order valence-corrected chi connectivity index (χ3v) is 1.77. The molecule has 1 aromatic rings. The Bertz CT molecular complexity index is 373. The van der Waals surface area contributed by atoms with Gasteiger partial charge in [0.05, 0.1) is 13.5 Å². The Balaban J connectivity index is 2.77. The van der Waals surface area contributed by atoms with Crippen LogP contribution in [0.1, 0.15) is 11.3 Å². The molecule has 1 aromatic heterocycles. The Kier molecular flexibility index (Phi) is 3.61. The third-order valence-electron chi connectivity index (χ3n) is 1.77. The van der Waals surface area contributed by atoms with E-state index < -0.39 is 0 Å². The first-order valence-corrected chi connectivity index (χ1v) is 4.17. The topological polar surface area (TPSA) is 97.8 Å². The number of methoxy groups -OCH3 is 1. The number of hydrogen-bond acceptors (Lipinski definition) is 5. The summed E-state index contributed by atoms with van der Waals surface area (Å²) in [5, 5.41) is 11.2. The van der Waals surface area contributed by atoms with Crippen LogP contribution in [-0.2, 0) is 16.0 Å². The van der Waals surface area contributed by atoms with Crippen molar-refractivity contribution in [3.05, 3.63) is 29.6 Å². The van der Waals surface area contributed by atoms with Gasteiger partial charge in [-0.2, -0.15) is 0 Å². The third kappa shape index (κ3) is 2.94. The molecule has 0 aliphatic carbocycles. The van der Waals surface area contributed by atoms with E-state index in [4.69, 9.17) is 10.9 Å². The number of carbonyl (C=O) groups is 1. The molecule has 6 heteroatoms. The maximum atomic E-state index is 10.9. The molecular formula is C9H11N3O3. The van der Waals surface area contributed by atoms with Gasteiger partial charge in [0.15, 0.2) is 5.84 Å². The predicted octanol–water partition coefficient (Wildman–Crippen LogP) is -0.108. The first-order chi connectivity index (χ1) is 7.17. The smallest absolute Gasteiger partial charge is 0.310 e. The second kappa shape index (κ2) is 4.94. The molecule has 6 nitrogen and oxygen atoms in total. The van der Waals surface area contributed by atoms with Gasteiger partial charge < -0.3 is 15.7 Å². The molecule has 0 saturated heterocycles. The number of oxime groups is 1. The minimum absolute atomic E-state index is 0.0698. The lowest BCUT2D eigenvalue weighted by atomic mass is 10.2. The largest absolute Gasteiger partial charge is 0.469 e. The fourth-order valence-corrected chi connectivity index (χ4v) is 0.971. The quantitative estimate of drug-likeness (QED) is 0.238. The highest BCUT2D eigenvalue weighted by molar-refractivity contribution is 5.95. The summed E-state index contributed by atoms with van der Waals surface area (Å²) in [6.45, 7) is 0. The number of ether oxygens (including phenoxy) is 1. The van der Waals surface area contributed by atoms with Gasteiger partial charge in [-0.05, 0) is 11.6 Å². The number of pyridine rings is 1. The molecule has 0 aliphatic heterocycles. The van der Waals surface area contributed by atoms with Crippen molar-refractivity contribution in [2.75, 3.05) is 7.11 Å². The van der Waals surface area contributed by atoms with Crippen molar-refractivity contribution in [3.63, 3.8) is 0 Å². The monoisotopic (exact) mass is 209 g/mol. The number of aromatic nitrogens is 1. The van der Waals surface area contributed by atoms with Crippen LogP contribution in [0.3, 0.4) is 0 Å². The Labute approximate surface area is 86.4 Å². The minimum Gasteiger partial charge on any atom is -0.469 e. The van der Waals surface area contributed by atoms with Gasteiger partial charge >= 0.3 is 5.97 Å². The Hall–Kier alpha value is -2.11. The fraction of sp³-hybridized carbons (Fsp3) is 0.222. The van der Waals surface area contributed by atoms with Gasteiger partial charge in [0.1, 0.15) is 5.69 Å². The van der Waals surface area contributed by atoms with Crippen molar-refractivity contribution in [2.45, 2.75) is 6.42 Å². The molecule has 3 N–H and O–H groups in total. The standard InChI is InChI=1S/C9H11N3O3/c1-15-8(13)4-6-2-3-7(11-5-6)9(10)12-14/h2-3,5,14H,4H2,1H3,(H2,10,12). The maximum absolute atomic E-state index is 10.9. The molecule has 0 amide bonds. The highest BCUT2D eigenvalue weighted by Gasteiger charge is 2.04. The van der Waals surface area contributed by atoms with Crippen LogP contribution in [0.4, 0.5) is 0 Å². The molecule has 1 rings (SSSR count). The zero-order chi connectivity index (χ0) is 11.3. The minimum atomic E-state index is -0.339. The molecule has 0 saturated carbocycles. The molecule has 0 aliphatic rings. The van der Waals surface area contributed by atoms with Crippen LogP contribution in [0.5, 0.6) is 0 Å². The lowest BCUT2D eigenvalue weighted by molar-refractivity contribution is -0.139. The average molecular weight is 209 g/mol. The Morgan fingerprint density at radius 1 is 1.67 bits per heavy atom.